The number of aliphatic carboxylic acids is 1. The van der Waals surface area contributed by atoms with Crippen molar-refractivity contribution in [2.24, 2.45) is 5.73 Å². The predicted molar refractivity (Wildman–Crippen MR) is 157 cm³/mol. The number of imidazole rings is 1. The number of nitrogens with zero attached hydrogens (tertiary/aromatic N) is 3. The van der Waals surface area contributed by atoms with E-state index in [1.165, 1.54) is 0 Å². The smallest absolute Gasteiger partial charge is 0.303 e. The highest BCUT2D eigenvalue weighted by Crippen LogP contribution is 2.45. The van der Waals surface area contributed by atoms with Crippen LogP contribution < -0.4 is 11.1 Å². The van der Waals surface area contributed by atoms with Crippen molar-refractivity contribution in [1.29, 1.82) is 0 Å². The lowest BCUT2D eigenvalue weighted by atomic mass is 9.72. The maximum Gasteiger partial charge on any atom is 0.303 e. The average Bonchev–Trinajstić information content (AvgIpc) is 3.30. The standard InChI is InChI=1S/C33H29N5O2/c34-33(18-4-19-33)24-15-13-23(14-16-24)30-29(22-11-8-21(9-12-22)10-17-28(39)40)37-32-25-5-1-2-6-26(25)36-31-27(38(30)32)7-3-20-35-31/h1-3,5-9,11-16,20H,4,10,17-19,34H2,(H,35,36)(H,39,40). The number of hydrogen-bond donors (Lipinski definition) is 3. The van der Waals surface area contributed by atoms with Crippen LogP contribution in [0.5, 0.6) is 0 Å². The van der Waals surface area contributed by atoms with Gasteiger partial charge in [0.25, 0.3) is 0 Å². The first kappa shape index (κ1) is 24.3. The molecule has 1 fully saturated rings. The number of nitrogens with two attached hydrogens (primary N) is 1. The molecule has 0 saturated heterocycles. The van der Waals surface area contributed by atoms with Gasteiger partial charge in [-0.2, -0.15) is 0 Å². The van der Waals surface area contributed by atoms with E-state index >= 15 is 0 Å². The molecule has 0 spiro atoms. The van der Waals surface area contributed by atoms with Crippen molar-refractivity contribution in [2.75, 3.05) is 5.32 Å². The third-order valence-corrected chi connectivity index (χ3v) is 8.16. The maximum atomic E-state index is 11.1. The summed E-state index contributed by atoms with van der Waals surface area (Å²) in [5.41, 5.74) is 15.2. The monoisotopic (exact) mass is 527 g/mol. The Morgan fingerprint density at radius 1 is 0.950 bits per heavy atom. The SMILES string of the molecule is NC1(c2ccc(-c3c(-c4ccc(CCC(=O)O)cc4)nc4n3-c3cccnc3Nc3ccccc3-4)cc2)CCC1. The topological polar surface area (TPSA) is 106 Å². The molecule has 3 aromatic carbocycles. The van der Waals surface area contributed by atoms with Crippen LogP contribution >= 0.6 is 0 Å². The number of benzene rings is 3. The van der Waals surface area contributed by atoms with Crippen molar-refractivity contribution in [3.8, 4) is 39.6 Å². The Kier molecular flexibility index (Phi) is 5.75. The van der Waals surface area contributed by atoms with Gasteiger partial charge in [0.15, 0.2) is 5.82 Å². The molecule has 7 rings (SSSR count). The Hall–Kier alpha value is -4.75. The second-order valence-electron chi connectivity index (χ2n) is 10.7. The second kappa shape index (κ2) is 9.47. The van der Waals surface area contributed by atoms with E-state index < -0.39 is 5.97 Å². The van der Waals surface area contributed by atoms with Crippen molar-refractivity contribution >= 4 is 17.5 Å². The third-order valence-electron chi connectivity index (χ3n) is 8.16. The van der Waals surface area contributed by atoms with E-state index in [2.05, 4.69) is 51.3 Å². The highest BCUT2D eigenvalue weighted by molar-refractivity contribution is 5.90. The van der Waals surface area contributed by atoms with Crippen LogP contribution in [-0.4, -0.2) is 25.6 Å². The van der Waals surface area contributed by atoms with Gasteiger partial charge in [-0.1, -0.05) is 60.7 Å². The normalized spacial score (nSPS) is 14.6. The quantitative estimate of drug-likeness (QED) is 0.223. The highest BCUT2D eigenvalue weighted by atomic mass is 16.4. The Morgan fingerprint density at radius 3 is 2.42 bits per heavy atom. The number of hydrogen-bond acceptors (Lipinski definition) is 5. The second-order valence-corrected chi connectivity index (χ2v) is 10.7. The largest absolute Gasteiger partial charge is 0.481 e. The number of carbonyl (C=O) groups is 1. The van der Waals surface area contributed by atoms with Gasteiger partial charge in [-0.05, 0) is 61.1 Å². The summed E-state index contributed by atoms with van der Waals surface area (Å²) >= 11 is 0. The van der Waals surface area contributed by atoms with Crippen molar-refractivity contribution < 1.29 is 9.90 Å². The van der Waals surface area contributed by atoms with Crippen molar-refractivity contribution in [2.45, 2.75) is 37.6 Å². The molecule has 0 amide bonds. The van der Waals surface area contributed by atoms with Gasteiger partial charge < -0.3 is 16.2 Å². The van der Waals surface area contributed by atoms with E-state index in [0.29, 0.717) is 6.42 Å². The Morgan fingerprint density at radius 2 is 1.70 bits per heavy atom. The summed E-state index contributed by atoms with van der Waals surface area (Å²) < 4.78 is 2.20. The van der Waals surface area contributed by atoms with E-state index in [4.69, 9.17) is 15.8 Å². The van der Waals surface area contributed by atoms with Crippen LogP contribution in [0.4, 0.5) is 11.5 Å². The lowest BCUT2D eigenvalue weighted by Crippen LogP contribution is -2.43. The van der Waals surface area contributed by atoms with Crippen LogP contribution in [-0.2, 0) is 16.8 Å². The van der Waals surface area contributed by atoms with Crippen LogP contribution in [0.1, 0.15) is 36.8 Å². The van der Waals surface area contributed by atoms with Crippen LogP contribution in [0, 0.1) is 0 Å². The number of aryl methyl sites for hydroxylation is 1. The predicted octanol–water partition coefficient (Wildman–Crippen LogP) is 6.68. The lowest BCUT2D eigenvalue weighted by Gasteiger charge is -2.38. The molecule has 198 valence electrons. The van der Waals surface area contributed by atoms with Crippen LogP contribution in [0.15, 0.2) is 91.1 Å². The molecule has 1 aliphatic heterocycles. The van der Waals surface area contributed by atoms with Gasteiger partial charge in [0.05, 0.1) is 22.8 Å². The van der Waals surface area contributed by atoms with E-state index in [1.807, 2.05) is 48.5 Å². The summed E-state index contributed by atoms with van der Waals surface area (Å²) in [6.07, 6.45) is 5.57. The molecule has 1 saturated carbocycles. The minimum atomic E-state index is -0.798. The Labute approximate surface area is 232 Å². The fourth-order valence-corrected chi connectivity index (χ4v) is 5.78. The Balaban J connectivity index is 1.45. The summed E-state index contributed by atoms with van der Waals surface area (Å²) in [5, 5.41) is 12.6. The van der Waals surface area contributed by atoms with Gasteiger partial charge in [-0.25, -0.2) is 9.97 Å². The number of carboxylic acid groups (broad SMARTS) is 1. The molecule has 3 heterocycles. The van der Waals surface area contributed by atoms with Crippen molar-refractivity contribution in [1.82, 2.24) is 14.5 Å². The first-order valence-electron chi connectivity index (χ1n) is 13.7. The number of para-hydroxylation sites is 1. The zero-order chi connectivity index (χ0) is 27.3. The van der Waals surface area contributed by atoms with Gasteiger partial charge >= 0.3 is 5.97 Å². The first-order chi connectivity index (χ1) is 19.5. The maximum absolute atomic E-state index is 11.1. The van der Waals surface area contributed by atoms with Gasteiger partial charge in [0, 0.05) is 34.8 Å². The molecule has 40 heavy (non-hydrogen) atoms. The fourth-order valence-electron chi connectivity index (χ4n) is 5.78. The molecule has 0 bridgehead atoms. The summed E-state index contributed by atoms with van der Waals surface area (Å²) in [6, 6.07) is 28.8. The molecule has 5 aromatic rings. The molecule has 2 aliphatic rings. The molecule has 2 aromatic heterocycles. The van der Waals surface area contributed by atoms with Crippen LogP contribution in [0.2, 0.25) is 0 Å². The zero-order valence-electron chi connectivity index (χ0n) is 22.0. The number of pyridine rings is 1. The number of nitrogens with one attached hydrogen (secondary N) is 1. The molecule has 0 atom stereocenters. The number of anilines is 2. The van der Waals surface area contributed by atoms with Gasteiger partial charge in [0.1, 0.15) is 5.82 Å². The van der Waals surface area contributed by atoms with Gasteiger partial charge in [-0.3, -0.25) is 9.36 Å². The number of carboxylic acids is 1. The summed E-state index contributed by atoms with van der Waals surface area (Å²) in [7, 11) is 0. The molecular formula is C33H29N5O2. The highest BCUT2D eigenvalue weighted by Gasteiger charge is 2.34. The Bertz CT molecular complexity index is 1730. The molecule has 0 unspecified atom stereocenters. The third kappa shape index (κ3) is 4.06. The van der Waals surface area contributed by atoms with Gasteiger partial charge in [-0.15, -0.1) is 0 Å². The van der Waals surface area contributed by atoms with E-state index in [1.54, 1.807) is 6.20 Å². The number of aromatic nitrogens is 3. The summed E-state index contributed by atoms with van der Waals surface area (Å²) in [4.78, 5) is 21.0. The minimum absolute atomic E-state index is 0.103. The molecule has 7 nitrogen and oxygen atoms in total. The van der Waals surface area contributed by atoms with Crippen molar-refractivity contribution in [3.63, 3.8) is 0 Å². The van der Waals surface area contributed by atoms with Crippen molar-refractivity contribution in [3.05, 3.63) is 102 Å². The lowest BCUT2D eigenvalue weighted by molar-refractivity contribution is -0.136. The van der Waals surface area contributed by atoms with Crippen LogP contribution in [0.25, 0.3) is 39.6 Å². The molecule has 0 radical (unpaired) electrons. The van der Waals surface area contributed by atoms with E-state index in [0.717, 1.165) is 81.5 Å². The van der Waals surface area contributed by atoms with Crippen LogP contribution in [0.3, 0.4) is 0 Å². The summed E-state index contributed by atoms with van der Waals surface area (Å²) in [5.74, 6) is 0.788. The molecule has 1 aliphatic carbocycles. The van der Waals surface area contributed by atoms with Gasteiger partial charge in [0.2, 0.25) is 0 Å². The molecule has 7 heteroatoms. The molecular weight excluding hydrogens is 498 g/mol. The molecule has 4 N–H and O–H groups in total. The first-order valence-corrected chi connectivity index (χ1v) is 13.7. The minimum Gasteiger partial charge on any atom is -0.481 e. The fraction of sp³-hybridized carbons (Fsp3) is 0.182. The average molecular weight is 528 g/mol. The number of rotatable bonds is 6. The number of fused-ring (bicyclic) bond motifs is 5. The van der Waals surface area contributed by atoms with E-state index in [-0.39, 0.29) is 12.0 Å². The van der Waals surface area contributed by atoms with E-state index in [9.17, 15) is 4.79 Å². The zero-order valence-corrected chi connectivity index (χ0v) is 22.0. The summed E-state index contributed by atoms with van der Waals surface area (Å²) in [6.45, 7) is 0.